The molecule has 2 aromatic carbocycles. The number of rotatable bonds is 10. The van der Waals surface area contributed by atoms with E-state index in [1.54, 1.807) is 12.1 Å². The van der Waals surface area contributed by atoms with Crippen molar-refractivity contribution in [3.05, 3.63) is 84.7 Å². The average Bonchev–Trinajstić information content (AvgIpc) is 3.66. The summed E-state index contributed by atoms with van der Waals surface area (Å²) in [4.78, 5) is 10.0. The highest BCUT2D eigenvalue weighted by Crippen LogP contribution is 2.38. The summed E-state index contributed by atoms with van der Waals surface area (Å²) in [6.45, 7) is 4.38. The van der Waals surface area contributed by atoms with Crippen molar-refractivity contribution in [2.24, 2.45) is 0 Å². The highest BCUT2D eigenvalue weighted by molar-refractivity contribution is 5.92. The molecular formula is C34H37FN6. The van der Waals surface area contributed by atoms with Crippen LogP contribution in [0.2, 0.25) is 0 Å². The molecular weight excluding hydrogens is 511 g/mol. The molecule has 5 aromatic rings. The van der Waals surface area contributed by atoms with Crippen molar-refractivity contribution >= 4 is 17.3 Å². The molecule has 0 amide bonds. The summed E-state index contributed by atoms with van der Waals surface area (Å²) in [5, 5.41) is 12.5. The number of fused-ring (bicyclic) bond motifs is 1. The van der Waals surface area contributed by atoms with Crippen LogP contribution in [0.4, 0.5) is 16.2 Å². The molecule has 6 nitrogen and oxygen atoms in total. The average molecular weight is 549 g/mol. The van der Waals surface area contributed by atoms with Crippen LogP contribution in [-0.2, 0) is 0 Å². The maximum absolute atomic E-state index is 14.0. The summed E-state index contributed by atoms with van der Waals surface area (Å²) in [5.74, 6) is 1.28. The minimum atomic E-state index is -0.274. The van der Waals surface area contributed by atoms with Crippen molar-refractivity contribution in [2.45, 2.75) is 70.9 Å². The third kappa shape index (κ3) is 5.80. The fourth-order valence-corrected chi connectivity index (χ4v) is 5.83. The first kappa shape index (κ1) is 26.9. The van der Waals surface area contributed by atoms with Gasteiger partial charge in [0, 0.05) is 23.2 Å². The van der Waals surface area contributed by atoms with Crippen molar-refractivity contribution in [1.29, 1.82) is 0 Å². The number of pyridine rings is 1. The molecule has 2 N–H and O–H groups in total. The van der Waals surface area contributed by atoms with Gasteiger partial charge in [-0.1, -0.05) is 69.5 Å². The normalized spacial score (nSPS) is 14.4. The smallest absolute Gasteiger partial charge is 0.224 e. The number of aromatic nitrogens is 4. The first-order chi connectivity index (χ1) is 20.1. The third-order valence-electron chi connectivity index (χ3n) is 8.00. The van der Waals surface area contributed by atoms with Crippen molar-refractivity contribution in [3.63, 3.8) is 0 Å². The lowest BCUT2D eigenvalue weighted by Crippen LogP contribution is -2.20. The summed E-state index contributed by atoms with van der Waals surface area (Å²) >= 11 is 0. The van der Waals surface area contributed by atoms with Gasteiger partial charge in [-0.15, -0.1) is 0 Å². The fraction of sp³-hybridized carbons (Fsp3) is 0.324. The molecule has 1 aliphatic rings. The molecule has 0 aliphatic heterocycles. The van der Waals surface area contributed by atoms with Gasteiger partial charge in [-0.05, 0) is 68.1 Å². The Morgan fingerprint density at radius 2 is 1.63 bits per heavy atom. The molecule has 0 radical (unpaired) electrons. The Balaban J connectivity index is 1.56. The number of halogens is 1. The molecule has 1 saturated carbocycles. The van der Waals surface area contributed by atoms with E-state index in [2.05, 4.69) is 54.8 Å². The lowest BCUT2D eigenvalue weighted by Gasteiger charge is -2.17. The Morgan fingerprint density at radius 1 is 0.878 bits per heavy atom. The highest BCUT2D eigenvalue weighted by Gasteiger charge is 2.23. The van der Waals surface area contributed by atoms with E-state index in [-0.39, 0.29) is 11.9 Å². The SMILES string of the molecule is CCCC(CC)Nc1nc(-c2ccccc2)cc(-c2c(-c3ccc(F)cc3)nn3c(NC4CCCC4)cccc23)n1. The Morgan fingerprint density at radius 3 is 2.37 bits per heavy atom. The van der Waals surface area contributed by atoms with E-state index in [1.165, 1.54) is 25.0 Å². The fourth-order valence-electron chi connectivity index (χ4n) is 5.83. The van der Waals surface area contributed by atoms with E-state index in [9.17, 15) is 4.39 Å². The van der Waals surface area contributed by atoms with Crippen LogP contribution < -0.4 is 10.6 Å². The summed E-state index contributed by atoms with van der Waals surface area (Å²) < 4.78 is 16.0. The molecule has 0 spiro atoms. The molecule has 6 rings (SSSR count). The van der Waals surface area contributed by atoms with Crippen molar-refractivity contribution < 1.29 is 4.39 Å². The summed E-state index contributed by atoms with van der Waals surface area (Å²) in [7, 11) is 0. The first-order valence-corrected chi connectivity index (χ1v) is 14.9. The number of anilines is 2. The van der Waals surface area contributed by atoms with E-state index in [0.29, 0.717) is 12.0 Å². The quantitative estimate of drug-likeness (QED) is 0.183. The zero-order valence-electron chi connectivity index (χ0n) is 23.8. The van der Waals surface area contributed by atoms with E-state index in [4.69, 9.17) is 15.1 Å². The van der Waals surface area contributed by atoms with Gasteiger partial charge in [-0.25, -0.2) is 18.9 Å². The summed E-state index contributed by atoms with van der Waals surface area (Å²) in [6.07, 6.45) is 7.91. The van der Waals surface area contributed by atoms with Gasteiger partial charge in [0.2, 0.25) is 5.95 Å². The zero-order chi connectivity index (χ0) is 28.2. The topological polar surface area (TPSA) is 67.1 Å². The Kier molecular flexibility index (Phi) is 7.94. The summed E-state index contributed by atoms with van der Waals surface area (Å²) in [5.41, 5.74) is 6.08. The predicted molar refractivity (Wildman–Crippen MR) is 166 cm³/mol. The van der Waals surface area contributed by atoms with Crippen LogP contribution in [-0.4, -0.2) is 31.7 Å². The van der Waals surface area contributed by atoms with Crippen molar-refractivity contribution in [1.82, 2.24) is 19.6 Å². The van der Waals surface area contributed by atoms with Gasteiger partial charge in [-0.2, -0.15) is 5.10 Å². The van der Waals surface area contributed by atoms with Gasteiger partial charge in [0.1, 0.15) is 17.3 Å². The van der Waals surface area contributed by atoms with Gasteiger partial charge >= 0.3 is 0 Å². The maximum atomic E-state index is 14.0. The molecule has 1 fully saturated rings. The van der Waals surface area contributed by atoms with Crippen LogP contribution >= 0.6 is 0 Å². The van der Waals surface area contributed by atoms with E-state index in [1.807, 2.05) is 28.8 Å². The van der Waals surface area contributed by atoms with Gasteiger partial charge in [-0.3, -0.25) is 0 Å². The summed E-state index contributed by atoms with van der Waals surface area (Å²) in [6, 6.07) is 25.7. The van der Waals surface area contributed by atoms with Crippen LogP contribution in [0.15, 0.2) is 78.9 Å². The standard InChI is InChI=1S/C34H37FN6/c1-3-11-26(4-2)37-34-38-28(23-12-6-5-7-13-23)22-29(39-34)32-30-16-10-17-31(36-27-14-8-9-15-27)41(30)40-33(32)24-18-20-25(35)21-19-24/h5-7,10,12-13,16-22,26-27,36H,3-4,8-9,11,14-15H2,1-2H3,(H,37,38,39). The number of benzene rings is 2. The van der Waals surface area contributed by atoms with Crippen LogP contribution in [0.3, 0.4) is 0 Å². The molecule has 7 heteroatoms. The van der Waals surface area contributed by atoms with Gasteiger partial charge in [0.15, 0.2) is 0 Å². The van der Waals surface area contributed by atoms with Crippen LogP contribution in [0.5, 0.6) is 0 Å². The molecule has 1 atom stereocenters. The number of nitrogens with zero attached hydrogens (tertiary/aromatic N) is 4. The number of nitrogens with one attached hydrogen (secondary N) is 2. The minimum Gasteiger partial charge on any atom is -0.367 e. The van der Waals surface area contributed by atoms with E-state index >= 15 is 0 Å². The molecule has 0 bridgehead atoms. The van der Waals surface area contributed by atoms with Gasteiger partial charge in [0.25, 0.3) is 0 Å². The van der Waals surface area contributed by atoms with E-state index < -0.39 is 0 Å². The Labute approximate surface area is 241 Å². The zero-order valence-corrected chi connectivity index (χ0v) is 23.8. The highest BCUT2D eigenvalue weighted by atomic mass is 19.1. The Hall–Kier alpha value is -4.26. The van der Waals surface area contributed by atoms with Crippen LogP contribution in [0.1, 0.15) is 58.8 Å². The molecule has 3 aromatic heterocycles. The van der Waals surface area contributed by atoms with Gasteiger partial charge < -0.3 is 10.6 Å². The van der Waals surface area contributed by atoms with Crippen molar-refractivity contribution in [2.75, 3.05) is 10.6 Å². The monoisotopic (exact) mass is 548 g/mol. The maximum Gasteiger partial charge on any atom is 0.224 e. The van der Waals surface area contributed by atoms with Crippen molar-refractivity contribution in [3.8, 4) is 33.8 Å². The lowest BCUT2D eigenvalue weighted by atomic mass is 10.0. The van der Waals surface area contributed by atoms with Gasteiger partial charge in [0.05, 0.1) is 22.5 Å². The minimum absolute atomic E-state index is 0.274. The largest absolute Gasteiger partial charge is 0.367 e. The number of hydrogen-bond donors (Lipinski definition) is 2. The third-order valence-corrected chi connectivity index (χ3v) is 8.00. The van der Waals surface area contributed by atoms with E-state index in [0.717, 1.165) is 77.2 Å². The molecule has 41 heavy (non-hydrogen) atoms. The lowest BCUT2D eigenvalue weighted by molar-refractivity contribution is 0.618. The van der Waals surface area contributed by atoms with Crippen LogP contribution in [0, 0.1) is 5.82 Å². The number of hydrogen-bond acceptors (Lipinski definition) is 5. The second-order valence-corrected chi connectivity index (χ2v) is 10.9. The molecule has 0 saturated heterocycles. The second-order valence-electron chi connectivity index (χ2n) is 10.9. The second kappa shape index (κ2) is 12.1. The predicted octanol–water partition coefficient (Wildman–Crippen LogP) is 8.61. The first-order valence-electron chi connectivity index (χ1n) is 14.9. The molecule has 3 heterocycles. The molecule has 1 unspecified atom stereocenters. The molecule has 1 aliphatic carbocycles. The Bertz CT molecular complexity index is 1610. The van der Waals surface area contributed by atoms with Crippen LogP contribution in [0.25, 0.3) is 39.3 Å². The molecule has 210 valence electrons.